The fourth-order valence-corrected chi connectivity index (χ4v) is 4.35. The third-order valence-electron chi connectivity index (χ3n) is 4.12. The maximum atomic E-state index is 5.62. The van der Waals surface area contributed by atoms with Gasteiger partial charge in [-0.3, -0.25) is 4.98 Å². The summed E-state index contributed by atoms with van der Waals surface area (Å²) in [6.45, 7) is 5.39. The van der Waals surface area contributed by atoms with Crippen LogP contribution in [0.5, 0.6) is 0 Å². The summed E-state index contributed by atoms with van der Waals surface area (Å²) in [6, 6.07) is 8.64. The molecule has 5 heteroatoms. The molecule has 0 spiro atoms. The summed E-state index contributed by atoms with van der Waals surface area (Å²) >= 11 is 7.43. The highest BCUT2D eigenvalue weighted by molar-refractivity contribution is 7.80. The quantitative estimate of drug-likeness (QED) is 0.830. The first kappa shape index (κ1) is 15.4. The number of hydrogen-bond acceptors (Lipinski definition) is 3. The molecule has 0 radical (unpaired) electrons. The van der Waals surface area contributed by atoms with Gasteiger partial charge in [0.1, 0.15) is 0 Å². The first-order chi connectivity index (χ1) is 10.7. The Labute approximate surface area is 141 Å². The number of nitrogens with one attached hydrogen (secondary N) is 1. The Morgan fingerprint density at radius 1 is 1.36 bits per heavy atom. The number of thiophene rings is 1. The van der Waals surface area contributed by atoms with Gasteiger partial charge in [-0.15, -0.1) is 11.3 Å². The molecule has 3 rings (SSSR count). The molecule has 0 amide bonds. The second-order valence-corrected chi connectivity index (χ2v) is 6.98. The zero-order chi connectivity index (χ0) is 15.5. The van der Waals surface area contributed by atoms with E-state index in [1.165, 1.54) is 16.9 Å². The van der Waals surface area contributed by atoms with E-state index in [4.69, 9.17) is 12.2 Å². The molecule has 0 unspecified atom stereocenters. The van der Waals surface area contributed by atoms with Gasteiger partial charge in [0, 0.05) is 17.6 Å². The van der Waals surface area contributed by atoms with Crippen molar-refractivity contribution in [2.45, 2.75) is 38.8 Å². The molecule has 0 aromatic carbocycles. The molecule has 3 heterocycles. The van der Waals surface area contributed by atoms with E-state index in [0.717, 1.165) is 23.8 Å². The summed E-state index contributed by atoms with van der Waals surface area (Å²) < 4.78 is 0. The van der Waals surface area contributed by atoms with Gasteiger partial charge in [-0.1, -0.05) is 19.4 Å². The molecular formula is C17H21N3S2. The van der Waals surface area contributed by atoms with Crippen molar-refractivity contribution in [1.82, 2.24) is 15.2 Å². The van der Waals surface area contributed by atoms with Crippen molar-refractivity contribution < 1.29 is 0 Å². The van der Waals surface area contributed by atoms with Crippen molar-refractivity contribution in [2.75, 3.05) is 6.54 Å². The molecule has 1 aliphatic rings. The summed E-state index contributed by atoms with van der Waals surface area (Å²) in [5, 5.41) is 6.51. The van der Waals surface area contributed by atoms with Gasteiger partial charge in [-0.25, -0.2) is 0 Å². The van der Waals surface area contributed by atoms with Crippen LogP contribution in [0.15, 0.2) is 35.8 Å². The highest BCUT2D eigenvalue weighted by Gasteiger charge is 2.40. The number of rotatable bonds is 5. The zero-order valence-corrected chi connectivity index (χ0v) is 14.6. The number of aromatic nitrogens is 1. The number of nitrogens with zero attached hydrogens (tertiary/aromatic N) is 2. The lowest BCUT2D eigenvalue weighted by Gasteiger charge is -2.27. The van der Waals surface area contributed by atoms with Crippen molar-refractivity contribution in [3.05, 3.63) is 52.0 Å². The highest BCUT2D eigenvalue weighted by atomic mass is 32.1. The first-order valence-electron chi connectivity index (χ1n) is 7.74. The van der Waals surface area contributed by atoms with E-state index in [9.17, 15) is 0 Å². The molecule has 22 heavy (non-hydrogen) atoms. The summed E-state index contributed by atoms with van der Waals surface area (Å²) in [7, 11) is 0. The van der Waals surface area contributed by atoms with Gasteiger partial charge in [0.2, 0.25) is 0 Å². The van der Waals surface area contributed by atoms with Gasteiger partial charge in [-0.05, 0) is 54.7 Å². The smallest absolute Gasteiger partial charge is 0.170 e. The Kier molecular flexibility index (Phi) is 4.74. The van der Waals surface area contributed by atoms with E-state index in [1.807, 2.05) is 29.7 Å². The maximum absolute atomic E-state index is 5.62. The molecule has 2 aromatic rings. The normalized spacial score (nSPS) is 21.2. The molecule has 116 valence electrons. The number of aryl methyl sites for hydroxylation is 1. The van der Waals surface area contributed by atoms with E-state index < -0.39 is 0 Å². The lowest BCUT2D eigenvalue weighted by atomic mass is 10.0. The lowest BCUT2D eigenvalue weighted by Crippen LogP contribution is -2.30. The van der Waals surface area contributed by atoms with Crippen molar-refractivity contribution in [1.29, 1.82) is 0 Å². The minimum absolute atomic E-state index is 0.128. The van der Waals surface area contributed by atoms with Crippen LogP contribution in [-0.4, -0.2) is 21.5 Å². The van der Waals surface area contributed by atoms with Crippen LogP contribution in [0.2, 0.25) is 0 Å². The minimum atomic E-state index is 0.128. The molecular weight excluding hydrogens is 310 g/mol. The average molecular weight is 332 g/mol. The molecule has 1 N–H and O–H groups in total. The van der Waals surface area contributed by atoms with Gasteiger partial charge in [-0.2, -0.15) is 0 Å². The fourth-order valence-electron chi connectivity index (χ4n) is 2.95. The summed E-state index contributed by atoms with van der Waals surface area (Å²) in [5.74, 6) is 0. The number of thiocarbonyl (C=S) groups is 1. The minimum Gasteiger partial charge on any atom is -0.352 e. The number of unbranched alkanes of at least 4 members (excludes halogenated alkanes) is 1. The van der Waals surface area contributed by atoms with E-state index in [-0.39, 0.29) is 12.1 Å². The van der Waals surface area contributed by atoms with Crippen molar-refractivity contribution >= 4 is 28.7 Å². The number of pyridine rings is 1. The molecule has 3 nitrogen and oxygen atoms in total. The third-order valence-corrected chi connectivity index (χ3v) is 5.56. The van der Waals surface area contributed by atoms with Crippen LogP contribution < -0.4 is 5.32 Å². The summed E-state index contributed by atoms with van der Waals surface area (Å²) in [6.07, 6.45) is 4.17. The van der Waals surface area contributed by atoms with Crippen molar-refractivity contribution in [2.24, 2.45) is 0 Å². The highest BCUT2D eigenvalue weighted by Crippen LogP contribution is 2.41. The second-order valence-electron chi connectivity index (χ2n) is 5.64. The van der Waals surface area contributed by atoms with Gasteiger partial charge >= 0.3 is 0 Å². The van der Waals surface area contributed by atoms with Gasteiger partial charge < -0.3 is 10.2 Å². The third kappa shape index (κ3) is 2.88. The maximum Gasteiger partial charge on any atom is 0.170 e. The van der Waals surface area contributed by atoms with Gasteiger partial charge in [0.05, 0.1) is 17.8 Å². The van der Waals surface area contributed by atoms with Crippen LogP contribution in [-0.2, 0) is 0 Å². The van der Waals surface area contributed by atoms with E-state index >= 15 is 0 Å². The number of hydrogen-bond donors (Lipinski definition) is 1. The SMILES string of the molecule is CCCCN1C(=S)N[C@H](c2ccccn2)[C@H]1c1sccc1C. The monoisotopic (exact) mass is 331 g/mol. The molecule has 0 bridgehead atoms. The summed E-state index contributed by atoms with van der Waals surface area (Å²) in [5.41, 5.74) is 2.39. The molecule has 2 aromatic heterocycles. The lowest BCUT2D eigenvalue weighted by molar-refractivity contribution is 0.316. The van der Waals surface area contributed by atoms with Crippen LogP contribution in [0, 0.1) is 6.92 Å². The van der Waals surface area contributed by atoms with E-state index in [0.29, 0.717) is 0 Å². The molecule has 0 aliphatic carbocycles. The predicted molar refractivity (Wildman–Crippen MR) is 96.1 cm³/mol. The Morgan fingerprint density at radius 3 is 2.86 bits per heavy atom. The molecule has 2 atom stereocenters. The standard InChI is InChI=1S/C17H21N3S2/c1-3-4-10-20-15(16-12(2)8-11-22-16)14(19-17(20)21)13-7-5-6-9-18-13/h5-9,11,14-15H,3-4,10H2,1-2H3,(H,19,21)/t14-,15+/m1/s1. The zero-order valence-electron chi connectivity index (χ0n) is 13.0. The van der Waals surface area contributed by atoms with Crippen LogP contribution in [0.3, 0.4) is 0 Å². The van der Waals surface area contributed by atoms with E-state index in [1.54, 1.807) is 0 Å². The van der Waals surface area contributed by atoms with Crippen LogP contribution in [0.25, 0.3) is 0 Å². The second kappa shape index (κ2) is 6.75. The molecule has 1 saturated heterocycles. The van der Waals surface area contributed by atoms with Crippen LogP contribution in [0.4, 0.5) is 0 Å². The Morgan fingerprint density at radius 2 is 2.23 bits per heavy atom. The topological polar surface area (TPSA) is 28.2 Å². The first-order valence-corrected chi connectivity index (χ1v) is 9.03. The molecule has 1 aliphatic heterocycles. The van der Waals surface area contributed by atoms with E-state index in [2.05, 4.69) is 46.6 Å². The summed E-state index contributed by atoms with van der Waals surface area (Å²) in [4.78, 5) is 8.29. The van der Waals surface area contributed by atoms with Gasteiger partial charge in [0.25, 0.3) is 0 Å². The molecule has 0 saturated carbocycles. The van der Waals surface area contributed by atoms with Crippen LogP contribution >= 0.6 is 23.6 Å². The molecule has 1 fully saturated rings. The predicted octanol–water partition coefficient (Wildman–Crippen LogP) is 4.22. The van der Waals surface area contributed by atoms with Crippen LogP contribution in [0.1, 0.15) is 48.0 Å². The average Bonchev–Trinajstić information content (AvgIpc) is 3.09. The Balaban J connectivity index is 1.99. The Hall–Kier alpha value is -1.46. The Bertz CT molecular complexity index is 638. The van der Waals surface area contributed by atoms with Crippen molar-refractivity contribution in [3.8, 4) is 0 Å². The fraction of sp³-hybridized carbons (Fsp3) is 0.412. The van der Waals surface area contributed by atoms with Gasteiger partial charge in [0.15, 0.2) is 5.11 Å². The van der Waals surface area contributed by atoms with Crippen molar-refractivity contribution in [3.63, 3.8) is 0 Å². The largest absolute Gasteiger partial charge is 0.352 e.